The highest BCUT2D eigenvalue weighted by molar-refractivity contribution is 6.31. The summed E-state index contributed by atoms with van der Waals surface area (Å²) in [4.78, 5) is 19.3. The van der Waals surface area contributed by atoms with E-state index < -0.39 is 10.8 Å². The lowest BCUT2D eigenvalue weighted by Crippen LogP contribution is -2.42. The lowest BCUT2D eigenvalue weighted by molar-refractivity contribution is -0.433. The first-order valence-corrected chi connectivity index (χ1v) is 10.2. The molecule has 2 aromatic rings. The van der Waals surface area contributed by atoms with Gasteiger partial charge in [-0.2, -0.15) is 5.26 Å². The summed E-state index contributed by atoms with van der Waals surface area (Å²) >= 11 is 12.2. The van der Waals surface area contributed by atoms with Crippen molar-refractivity contribution in [2.75, 3.05) is 13.6 Å². The molecule has 10 heteroatoms. The van der Waals surface area contributed by atoms with E-state index in [0.717, 1.165) is 5.56 Å². The number of aromatic nitrogens is 1. The molecule has 3 rings (SSSR count). The SMILES string of the molecule is CCN(Cc1ccc(Cl)nc1)C1=C([N+](=O)[O-])C(c2ccccc2Cl)C(C#N)=C(N)N1C. The van der Waals surface area contributed by atoms with E-state index in [9.17, 15) is 15.4 Å². The molecule has 2 heterocycles. The largest absolute Gasteiger partial charge is 0.384 e. The maximum absolute atomic E-state index is 12.3. The molecule has 8 nitrogen and oxygen atoms in total. The first-order valence-electron chi connectivity index (χ1n) is 9.41. The van der Waals surface area contributed by atoms with E-state index in [4.69, 9.17) is 28.9 Å². The lowest BCUT2D eigenvalue weighted by Gasteiger charge is -2.37. The Hall–Kier alpha value is -3.28. The van der Waals surface area contributed by atoms with Gasteiger partial charge in [-0.25, -0.2) is 4.98 Å². The average Bonchev–Trinajstić information content (AvgIpc) is 2.75. The van der Waals surface area contributed by atoms with Crippen molar-refractivity contribution in [1.29, 1.82) is 5.26 Å². The number of rotatable bonds is 6. The third-order valence-electron chi connectivity index (χ3n) is 5.12. The molecule has 0 amide bonds. The molecule has 1 unspecified atom stereocenters. The van der Waals surface area contributed by atoms with Gasteiger partial charge in [0.15, 0.2) is 5.82 Å². The molecule has 2 N–H and O–H groups in total. The molecular formula is C21H20Cl2N6O2. The summed E-state index contributed by atoms with van der Waals surface area (Å²) in [6, 6.07) is 12.3. The van der Waals surface area contributed by atoms with E-state index in [-0.39, 0.29) is 17.1 Å². The van der Waals surface area contributed by atoms with Crippen molar-refractivity contribution in [1.82, 2.24) is 14.8 Å². The summed E-state index contributed by atoms with van der Waals surface area (Å²) in [6.07, 6.45) is 1.62. The Morgan fingerprint density at radius 1 is 1.32 bits per heavy atom. The van der Waals surface area contributed by atoms with E-state index in [1.165, 1.54) is 4.90 Å². The van der Waals surface area contributed by atoms with Crippen LogP contribution in [0.4, 0.5) is 0 Å². The summed E-state index contributed by atoms with van der Waals surface area (Å²) in [6.45, 7) is 2.66. The summed E-state index contributed by atoms with van der Waals surface area (Å²) in [7, 11) is 1.61. The van der Waals surface area contributed by atoms with Gasteiger partial charge in [-0.05, 0) is 30.2 Å². The molecule has 1 atom stereocenters. The second kappa shape index (κ2) is 9.25. The topological polar surface area (TPSA) is 112 Å². The monoisotopic (exact) mass is 458 g/mol. The zero-order valence-corrected chi connectivity index (χ0v) is 18.4. The minimum absolute atomic E-state index is 0.0789. The molecule has 0 radical (unpaired) electrons. The Balaban J connectivity index is 2.22. The number of halogens is 2. The Morgan fingerprint density at radius 2 is 2.03 bits per heavy atom. The highest BCUT2D eigenvalue weighted by Gasteiger charge is 2.44. The van der Waals surface area contributed by atoms with Crippen LogP contribution in [0.15, 0.2) is 65.5 Å². The summed E-state index contributed by atoms with van der Waals surface area (Å²) < 4.78 is 0. The number of pyridine rings is 1. The van der Waals surface area contributed by atoms with Gasteiger partial charge in [0.2, 0.25) is 0 Å². The number of nitrogens with zero attached hydrogens (tertiary/aromatic N) is 5. The van der Waals surface area contributed by atoms with Gasteiger partial charge in [-0.1, -0.05) is 47.5 Å². The fourth-order valence-corrected chi connectivity index (χ4v) is 3.99. The molecule has 1 aliphatic heterocycles. The van der Waals surface area contributed by atoms with Gasteiger partial charge in [0.25, 0.3) is 5.70 Å². The van der Waals surface area contributed by atoms with Crippen molar-refractivity contribution >= 4 is 23.2 Å². The normalized spacial score (nSPS) is 16.4. The molecule has 0 aliphatic carbocycles. The standard InChI is InChI=1S/C21H20Cl2N6O2/c1-3-28(12-13-8-9-17(23)26-11-13)21-19(29(30)31)18(14-6-4-5-7-16(14)22)15(10-24)20(25)27(21)2/h4-9,11,18H,3,12,25H2,1-2H3. The van der Waals surface area contributed by atoms with Crippen molar-refractivity contribution in [3.8, 4) is 6.07 Å². The highest BCUT2D eigenvalue weighted by atomic mass is 35.5. The minimum Gasteiger partial charge on any atom is -0.384 e. The third-order valence-corrected chi connectivity index (χ3v) is 5.69. The average molecular weight is 459 g/mol. The van der Waals surface area contributed by atoms with E-state index in [2.05, 4.69) is 11.1 Å². The van der Waals surface area contributed by atoms with Gasteiger partial charge in [0, 0.05) is 31.4 Å². The Kier molecular flexibility index (Phi) is 6.68. The Morgan fingerprint density at radius 3 is 2.58 bits per heavy atom. The number of hydrogen-bond acceptors (Lipinski definition) is 7. The van der Waals surface area contributed by atoms with E-state index in [1.807, 2.05) is 11.8 Å². The van der Waals surface area contributed by atoms with Gasteiger partial charge in [0.1, 0.15) is 16.9 Å². The van der Waals surface area contributed by atoms with E-state index in [0.29, 0.717) is 34.6 Å². The fourth-order valence-electron chi connectivity index (χ4n) is 3.63. The molecule has 0 bridgehead atoms. The number of nitriles is 1. The van der Waals surface area contributed by atoms with Crippen LogP contribution in [0.1, 0.15) is 24.0 Å². The Labute approximate surface area is 189 Å². The van der Waals surface area contributed by atoms with Crippen LogP contribution < -0.4 is 5.73 Å². The van der Waals surface area contributed by atoms with E-state index >= 15 is 0 Å². The van der Waals surface area contributed by atoms with Gasteiger partial charge in [0.05, 0.1) is 16.6 Å². The first kappa shape index (κ1) is 22.4. The molecule has 0 fully saturated rings. The smallest absolute Gasteiger partial charge is 0.299 e. The number of hydrogen-bond donors (Lipinski definition) is 1. The second-order valence-electron chi connectivity index (χ2n) is 6.89. The van der Waals surface area contributed by atoms with Crippen molar-refractivity contribution in [2.45, 2.75) is 19.4 Å². The Bertz CT molecular complexity index is 1110. The van der Waals surface area contributed by atoms with Crippen molar-refractivity contribution < 1.29 is 4.92 Å². The van der Waals surface area contributed by atoms with Crippen LogP contribution >= 0.6 is 23.2 Å². The number of allylic oxidation sites excluding steroid dienone is 1. The van der Waals surface area contributed by atoms with Crippen LogP contribution in [-0.2, 0) is 6.54 Å². The molecule has 0 spiro atoms. The van der Waals surface area contributed by atoms with Gasteiger partial charge >= 0.3 is 0 Å². The molecule has 1 aromatic carbocycles. The number of nitrogens with two attached hydrogens (primary N) is 1. The molecule has 1 aliphatic rings. The number of benzene rings is 1. The van der Waals surface area contributed by atoms with Crippen molar-refractivity contribution in [3.05, 3.63) is 96.9 Å². The fraction of sp³-hybridized carbons (Fsp3) is 0.238. The van der Waals surface area contributed by atoms with Crippen LogP contribution in [0.3, 0.4) is 0 Å². The summed E-state index contributed by atoms with van der Waals surface area (Å²) in [5.41, 5.74) is 7.48. The van der Waals surface area contributed by atoms with Crippen molar-refractivity contribution in [3.63, 3.8) is 0 Å². The zero-order valence-electron chi connectivity index (χ0n) is 16.9. The predicted octanol–water partition coefficient (Wildman–Crippen LogP) is 4.08. The number of nitro groups is 1. The van der Waals surface area contributed by atoms with Crippen LogP contribution in [0, 0.1) is 21.4 Å². The van der Waals surface area contributed by atoms with Crippen LogP contribution in [0.5, 0.6) is 0 Å². The third kappa shape index (κ3) is 4.29. The van der Waals surface area contributed by atoms with Gasteiger partial charge < -0.3 is 15.5 Å². The summed E-state index contributed by atoms with van der Waals surface area (Å²) in [5, 5.41) is 22.8. The molecule has 1 aromatic heterocycles. The minimum atomic E-state index is -1.00. The summed E-state index contributed by atoms with van der Waals surface area (Å²) in [5.74, 6) is -0.568. The molecule has 0 saturated heterocycles. The zero-order chi connectivity index (χ0) is 22.7. The first-order chi connectivity index (χ1) is 14.8. The van der Waals surface area contributed by atoms with Crippen LogP contribution in [0.25, 0.3) is 0 Å². The van der Waals surface area contributed by atoms with Crippen LogP contribution in [-0.4, -0.2) is 33.3 Å². The van der Waals surface area contributed by atoms with Crippen molar-refractivity contribution in [2.24, 2.45) is 5.73 Å². The molecule has 160 valence electrons. The highest BCUT2D eigenvalue weighted by Crippen LogP contribution is 2.43. The van der Waals surface area contributed by atoms with E-state index in [1.54, 1.807) is 49.6 Å². The predicted molar refractivity (Wildman–Crippen MR) is 118 cm³/mol. The molecule has 0 saturated carbocycles. The van der Waals surface area contributed by atoms with Gasteiger partial charge in [-0.3, -0.25) is 10.1 Å². The molecule has 31 heavy (non-hydrogen) atoms. The lowest BCUT2D eigenvalue weighted by atomic mass is 9.86. The molecular weight excluding hydrogens is 439 g/mol. The van der Waals surface area contributed by atoms with Crippen LogP contribution in [0.2, 0.25) is 10.2 Å². The maximum atomic E-state index is 12.3. The maximum Gasteiger partial charge on any atom is 0.299 e. The quantitative estimate of drug-likeness (QED) is 0.394. The second-order valence-corrected chi connectivity index (χ2v) is 7.69. The van der Waals surface area contributed by atoms with Gasteiger partial charge in [-0.15, -0.1) is 0 Å².